The Hall–Kier alpha value is -0.610. The van der Waals surface area contributed by atoms with Crippen molar-refractivity contribution in [3.05, 3.63) is 26.2 Å². The standard InChI is InChI=1S/C13H12BrIN2O/c1-8-5-13(6-8,7-16)12(18)17-9-2-3-10(14)11(15)4-9/h2-4,8H,5-6H2,1H3,(H,17,18). The first kappa shape index (κ1) is 13.8. The van der Waals surface area contributed by atoms with Crippen LogP contribution in [0.1, 0.15) is 19.8 Å². The number of anilines is 1. The number of hydrogen-bond acceptors (Lipinski definition) is 2. The highest BCUT2D eigenvalue weighted by Crippen LogP contribution is 2.45. The highest BCUT2D eigenvalue weighted by Gasteiger charge is 2.48. The fourth-order valence-corrected chi connectivity index (χ4v) is 3.04. The number of nitrogens with zero attached hydrogens (tertiary/aromatic N) is 1. The first-order valence-corrected chi connectivity index (χ1v) is 7.52. The average Bonchev–Trinajstić information content (AvgIpc) is 2.29. The molecule has 0 spiro atoms. The van der Waals surface area contributed by atoms with Crippen molar-refractivity contribution in [1.82, 2.24) is 0 Å². The maximum atomic E-state index is 12.1. The monoisotopic (exact) mass is 418 g/mol. The van der Waals surface area contributed by atoms with Crippen LogP contribution in [0.15, 0.2) is 22.7 Å². The number of halogens is 2. The van der Waals surface area contributed by atoms with Crippen LogP contribution < -0.4 is 5.32 Å². The van der Waals surface area contributed by atoms with Crippen LogP contribution in [0.4, 0.5) is 5.69 Å². The summed E-state index contributed by atoms with van der Waals surface area (Å²) in [6, 6.07) is 7.77. The normalized spacial score (nSPS) is 26.0. The molecule has 1 aliphatic carbocycles. The Kier molecular flexibility index (Phi) is 3.97. The molecule has 0 unspecified atom stereocenters. The number of rotatable bonds is 2. The van der Waals surface area contributed by atoms with Gasteiger partial charge in [-0.2, -0.15) is 5.26 Å². The number of nitrogens with one attached hydrogen (secondary N) is 1. The zero-order valence-electron chi connectivity index (χ0n) is 9.84. The lowest BCUT2D eigenvalue weighted by Gasteiger charge is -2.39. The molecule has 0 radical (unpaired) electrons. The van der Waals surface area contributed by atoms with E-state index in [2.05, 4.69) is 56.8 Å². The third kappa shape index (κ3) is 2.54. The van der Waals surface area contributed by atoms with E-state index in [0.717, 1.165) is 13.7 Å². The number of amides is 1. The third-order valence-corrected chi connectivity index (χ3v) is 5.55. The van der Waals surface area contributed by atoms with E-state index >= 15 is 0 Å². The van der Waals surface area contributed by atoms with Crippen molar-refractivity contribution in [2.45, 2.75) is 19.8 Å². The molecular weight excluding hydrogens is 407 g/mol. The van der Waals surface area contributed by atoms with Gasteiger partial charge in [0.1, 0.15) is 5.41 Å². The SMILES string of the molecule is CC1CC(C#N)(C(=O)Nc2ccc(Br)c(I)c2)C1. The van der Waals surface area contributed by atoms with Gasteiger partial charge in [-0.25, -0.2) is 0 Å². The van der Waals surface area contributed by atoms with Gasteiger partial charge >= 0.3 is 0 Å². The fraction of sp³-hybridized carbons (Fsp3) is 0.385. The Morgan fingerprint density at radius 3 is 2.78 bits per heavy atom. The van der Waals surface area contributed by atoms with Gasteiger partial charge in [-0.05, 0) is 75.5 Å². The number of hydrogen-bond donors (Lipinski definition) is 1. The van der Waals surface area contributed by atoms with Crippen molar-refractivity contribution in [2.24, 2.45) is 11.3 Å². The van der Waals surface area contributed by atoms with Gasteiger partial charge in [0.05, 0.1) is 6.07 Å². The predicted octanol–water partition coefficient (Wildman–Crippen LogP) is 3.93. The molecule has 18 heavy (non-hydrogen) atoms. The minimum Gasteiger partial charge on any atom is -0.325 e. The number of benzene rings is 1. The first-order chi connectivity index (χ1) is 8.47. The van der Waals surface area contributed by atoms with Crippen LogP contribution in [0.5, 0.6) is 0 Å². The molecule has 3 nitrogen and oxygen atoms in total. The number of carbonyl (C=O) groups is 1. The second-order valence-corrected chi connectivity index (χ2v) is 6.81. The van der Waals surface area contributed by atoms with E-state index in [0.29, 0.717) is 18.8 Å². The van der Waals surface area contributed by atoms with E-state index in [9.17, 15) is 10.1 Å². The Bertz CT molecular complexity index is 532. The van der Waals surface area contributed by atoms with Crippen molar-refractivity contribution in [3.8, 4) is 6.07 Å². The van der Waals surface area contributed by atoms with E-state index in [1.165, 1.54) is 0 Å². The molecule has 1 aliphatic rings. The average molecular weight is 419 g/mol. The summed E-state index contributed by atoms with van der Waals surface area (Å²) in [5.41, 5.74) is -0.0837. The van der Waals surface area contributed by atoms with Crippen LogP contribution in [-0.2, 0) is 4.79 Å². The van der Waals surface area contributed by atoms with Crippen LogP contribution in [0.3, 0.4) is 0 Å². The Morgan fingerprint density at radius 2 is 2.28 bits per heavy atom. The van der Waals surface area contributed by atoms with Gasteiger partial charge < -0.3 is 5.32 Å². The Morgan fingerprint density at radius 1 is 1.61 bits per heavy atom. The lowest BCUT2D eigenvalue weighted by Crippen LogP contribution is -2.45. The summed E-state index contributed by atoms with van der Waals surface area (Å²) < 4.78 is 2.02. The van der Waals surface area contributed by atoms with Gasteiger partial charge in [0.2, 0.25) is 5.91 Å². The van der Waals surface area contributed by atoms with Gasteiger partial charge in [-0.15, -0.1) is 0 Å². The highest BCUT2D eigenvalue weighted by molar-refractivity contribution is 14.1. The van der Waals surface area contributed by atoms with Crippen LogP contribution in [0.2, 0.25) is 0 Å². The van der Waals surface area contributed by atoms with Gasteiger partial charge in [-0.3, -0.25) is 4.79 Å². The molecule has 1 amide bonds. The van der Waals surface area contributed by atoms with Crippen molar-refractivity contribution < 1.29 is 4.79 Å². The smallest absolute Gasteiger partial charge is 0.244 e. The largest absolute Gasteiger partial charge is 0.325 e. The summed E-state index contributed by atoms with van der Waals surface area (Å²) in [4.78, 5) is 12.1. The quantitative estimate of drug-likeness (QED) is 0.739. The van der Waals surface area contributed by atoms with Gasteiger partial charge in [-0.1, -0.05) is 6.92 Å². The molecule has 1 N–H and O–H groups in total. The van der Waals surface area contributed by atoms with Gasteiger partial charge in [0, 0.05) is 13.7 Å². The second-order valence-electron chi connectivity index (χ2n) is 4.79. The molecule has 0 aliphatic heterocycles. The van der Waals surface area contributed by atoms with Crippen LogP contribution in [0.25, 0.3) is 0 Å². The maximum Gasteiger partial charge on any atom is 0.244 e. The molecule has 5 heteroatoms. The maximum absolute atomic E-state index is 12.1. The first-order valence-electron chi connectivity index (χ1n) is 5.64. The van der Waals surface area contributed by atoms with Crippen molar-refractivity contribution in [2.75, 3.05) is 5.32 Å². The van der Waals surface area contributed by atoms with Gasteiger partial charge in [0.15, 0.2) is 0 Å². The van der Waals surface area contributed by atoms with E-state index in [1.807, 2.05) is 18.2 Å². The summed E-state index contributed by atoms with van der Waals surface area (Å²) >= 11 is 5.60. The van der Waals surface area contributed by atoms with Crippen LogP contribution in [0, 0.1) is 26.2 Å². The number of nitriles is 1. The molecular formula is C13H12BrIN2O. The predicted molar refractivity (Wildman–Crippen MR) is 81.9 cm³/mol. The molecule has 0 atom stereocenters. The lowest BCUT2D eigenvalue weighted by atomic mass is 9.63. The van der Waals surface area contributed by atoms with E-state index in [4.69, 9.17) is 0 Å². The summed E-state index contributed by atoms with van der Waals surface area (Å²) in [5, 5.41) is 12.0. The Balaban J connectivity index is 2.12. The Labute approximate surface area is 128 Å². The lowest BCUT2D eigenvalue weighted by molar-refractivity contribution is -0.128. The molecule has 0 bridgehead atoms. The zero-order valence-corrected chi connectivity index (χ0v) is 13.6. The second kappa shape index (κ2) is 5.17. The summed E-state index contributed by atoms with van der Waals surface area (Å²) in [5.74, 6) is 0.279. The molecule has 1 fully saturated rings. The zero-order chi connectivity index (χ0) is 13.3. The molecule has 1 saturated carbocycles. The molecule has 94 valence electrons. The minimum absolute atomic E-state index is 0.179. The summed E-state index contributed by atoms with van der Waals surface area (Å²) in [7, 11) is 0. The molecule has 0 aromatic heterocycles. The molecule has 1 aromatic rings. The van der Waals surface area contributed by atoms with Crippen LogP contribution >= 0.6 is 38.5 Å². The molecule has 0 saturated heterocycles. The van der Waals surface area contributed by atoms with E-state index in [1.54, 1.807) is 0 Å². The van der Waals surface area contributed by atoms with Crippen molar-refractivity contribution in [3.63, 3.8) is 0 Å². The topological polar surface area (TPSA) is 52.9 Å². The van der Waals surface area contributed by atoms with Gasteiger partial charge in [0.25, 0.3) is 0 Å². The highest BCUT2D eigenvalue weighted by atomic mass is 127. The number of carbonyl (C=O) groups excluding carboxylic acids is 1. The van der Waals surface area contributed by atoms with Crippen LogP contribution in [-0.4, -0.2) is 5.91 Å². The van der Waals surface area contributed by atoms with E-state index < -0.39 is 5.41 Å². The fourth-order valence-electron chi connectivity index (χ4n) is 2.28. The minimum atomic E-state index is -0.822. The van der Waals surface area contributed by atoms with Crippen molar-refractivity contribution >= 4 is 50.1 Å². The molecule has 1 aromatic carbocycles. The van der Waals surface area contributed by atoms with E-state index in [-0.39, 0.29) is 5.91 Å². The summed E-state index contributed by atoms with van der Waals surface area (Å²) in [6.07, 6.45) is 1.31. The molecule has 0 heterocycles. The summed E-state index contributed by atoms with van der Waals surface area (Å²) in [6.45, 7) is 2.06. The van der Waals surface area contributed by atoms with Crippen molar-refractivity contribution in [1.29, 1.82) is 5.26 Å². The third-order valence-electron chi connectivity index (χ3n) is 3.22. The molecule has 2 rings (SSSR count).